The summed E-state index contributed by atoms with van der Waals surface area (Å²) in [6, 6.07) is 19.1. The van der Waals surface area contributed by atoms with E-state index in [2.05, 4.69) is 72.5 Å². The summed E-state index contributed by atoms with van der Waals surface area (Å²) in [5.41, 5.74) is 1.43. The molecule has 0 aliphatic rings. The van der Waals surface area contributed by atoms with Crippen molar-refractivity contribution in [3.05, 3.63) is 60.2 Å². The van der Waals surface area contributed by atoms with Crippen LogP contribution in [0.1, 0.15) is 40.2 Å². The SMILES string of the molecule is CCOCCOC(C)O[Si](Br)(c1ccccc1)c1ccc(C(C)(C)C)cc1. The molecule has 0 fully saturated rings. The van der Waals surface area contributed by atoms with Crippen molar-refractivity contribution in [1.82, 2.24) is 0 Å². The van der Waals surface area contributed by atoms with Gasteiger partial charge in [-0.15, -0.1) is 0 Å². The number of hydrogen-bond acceptors (Lipinski definition) is 3. The summed E-state index contributed by atoms with van der Waals surface area (Å²) in [6.45, 7) is 9.82. The topological polar surface area (TPSA) is 27.7 Å². The summed E-state index contributed by atoms with van der Waals surface area (Å²) >= 11 is 4.01. The van der Waals surface area contributed by atoms with Gasteiger partial charge in [-0.2, -0.15) is 0 Å². The zero-order valence-corrected chi connectivity index (χ0v) is 19.6. The van der Waals surface area contributed by atoms with Gasteiger partial charge in [0.2, 0.25) is 0 Å². The molecule has 0 saturated carbocycles. The lowest BCUT2D eigenvalue weighted by Crippen LogP contribution is -2.57. The van der Waals surface area contributed by atoms with Gasteiger partial charge >= 0.3 is 6.94 Å². The third-order valence-electron chi connectivity index (χ3n) is 4.38. The summed E-state index contributed by atoms with van der Waals surface area (Å²) in [5, 5.41) is 2.33. The monoisotopic (exact) mass is 450 g/mol. The molecule has 27 heavy (non-hydrogen) atoms. The molecule has 0 aliphatic carbocycles. The van der Waals surface area contributed by atoms with Crippen LogP contribution in [-0.4, -0.2) is 33.0 Å². The lowest BCUT2D eigenvalue weighted by molar-refractivity contribution is -0.0837. The number of ether oxygens (including phenoxy) is 2. The van der Waals surface area contributed by atoms with Gasteiger partial charge in [-0.25, -0.2) is 0 Å². The van der Waals surface area contributed by atoms with E-state index in [1.54, 1.807) is 0 Å². The molecule has 0 heterocycles. The molecule has 3 nitrogen and oxygen atoms in total. The van der Waals surface area contributed by atoms with Crippen LogP contribution in [0.15, 0.2) is 54.6 Å². The summed E-state index contributed by atoms with van der Waals surface area (Å²) in [6.07, 6.45) is -0.334. The predicted octanol–water partition coefficient (Wildman–Crippen LogP) is 4.35. The first-order chi connectivity index (χ1) is 12.8. The van der Waals surface area contributed by atoms with Crippen molar-refractivity contribution >= 4 is 32.6 Å². The van der Waals surface area contributed by atoms with Crippen LogP contribution in [0.5, 0.6) is 0 Å². The first-order valence-electron chi connectivity index (χ1n) is 9.50. The van der Waals surface area contributed by atoms with Crippen LogP contribution in [0.25, 0.3) is 0 Å². The van der Waals surface area contributed by atoms with Gasteiger partial charge in [0.1, 0.15) is 6.29 Å². The molecule has 2 aromatic rings. The second-order valence-corrected chi connectivity index (χ2v) is 13.5. The maximum Gasteiger partial charge on any atom is 0.330 e. The lowest BCUT2D eigenvalue weighted by atomic mass is 9.87. The van der Waals surface area contributed by atoms with Gasteiger partial charge in [-0.3, -0.25) is 0 Å². The average molecular weight is 451 g/mol. The summed E-state index contributed by atoms with van der Waals surface area (Å²) in [5.74, 6) is 0. The highest BCUT2D eigenvalue weighted by molar-refractivity contribution is 9.26. The molecule has 0 saturated heterocycles. The predicted molar refractivity (Wildman–Crippen MR) is 119 cm³/mol. The van der Waals surface area contributed by atoms with Crippen LogP contribution in [0.4, 0.5) is 0 Å². The fourth-order valence-electron chi connectivity index (χ4n) is 2.82. The highest BCUT2D eigenvalue weighted by Crippen LogP contribution is 2.23. The molecule has 2 aromatic carbocycles. The number of benzene rings is 2. The van der Waals surface area contributed by atoms with Crippen molar-refractivity contribution in [2.45, 2.75) is 46.3 Å². The second kappa shape index (κ2) is 9.98. The molecule has 0 radical (unpaired) electrons. The minimum absolute atomic E-state index is 0.123. The van der Waals surface area contributed by atoms with Crippen molar-refractivity contribution in [3.8, 4) is 0 Å². The highest BCUT2D eigenvalue weighted by Gasteiger charge is 2.39. The smallest absolute Gasteiger partial charge is 0.330 e. The molecule has 2 atom stereocenters. The number of halogens is 1. The number of rotatable bonds is 9. The Morgan fingerprint density at radius 2 is 1.52 bits per heavy atom. The molecule has 2 rings (SSSR count). The van der Waals surface area contributed by atoms with E-state index in [1.165, 1.54) is 10.8 Å². The van der Waals surface area contributed by atoms with Crippen LogP contribution < -0.4 is 10.4 Å². The molecule has 5 heteroatoms. The standard InChI is InChI=1S/C22H31BrO3Si/c1-6-24-16-17-25-18(2)26-27(23,20-10-8-7-9-11-20)21-14-12-19(13-15-21)22(3,4)5/h7-15,18H,6,16-17H2,1-5H3. The number of hydrogen-bond donors (Lipinski definition) is 0. The Bertz CT molecular complexity index is 685. The molecule has 0 amide bonds. The molecule has 0 aliphatic heterocycles. The first-order valence-corrected chi connectivity index (χ1v) is 13.7. The third kappa shape index (κ3) is 6.26. The van der Waals surface area contributed by atoms with Gasteiger partial charge in [0.05, 0.1) is 13.2 Å². The van der Waals surface area contributed by atoms with E-state index in [9.17, 15) is 0 Å². The molecular weight excluding hydrogens is 420 g/mol. The zero-order valence-electron chi connectivity index (χ0n) is 17.0. The zero-order chi connectivity index (χ0) is 19.9. The molecule has 0 spiro atoms. The van der Waals surface area contributed by atoms with Crippen molar-refractivity contribution < 1.29 is 13.9 Å². The Labute approximate surface area is 172 Å². The normalized spacial score (nSPS) is 15.3. The first kappa shape index (κ1) is 22.3. The fourth-order valence-corrected chi connectivity index (χ4v) is 7.54. The van der Waals surface area contributed by atoms with E-state index < -0.39 is 6.94 Å². The van der Waals surface area contributed by atoms with Crippen LogP contribution in [0.3, 0.4) is 0 Å². The Morgan fingerprint density at radius 3 is 2.07 bits per heavy atom. The van der Waals surface area contributed by atoms with Gasteiger partial charge in [0.15, 0.2) is 0 Å². The van der Waals surface area contributed by atoms with Crippen molar-refractivity contribution in [3.63, 3.8) is 0 Å². The minimum Gasteiger partial charge on any atom is -0.379 e. The average Bonchev–Trinajstić information content (AvgIpc) is 2.65. The van der Waals surface area contributed by atoms with Crippen molar-refractivity contribution in [1.29, 1.82) is 0 Å². The van der Waals surface area contributed by atoms with E-state index in [4.69, 9.17) is 13.9 Å². The fraction of sp³-hybridized carbons (Fsp3) is 0.455. The van der Waals surface area contributed by atoms with Crippen molar-refractivity contribution in [2.24, 2.45) is 0 Å². The van der Waals surface area contributed by atoms with Gasteiger partial charge in [-0.1, -0.05) is 90.7 Å². The lowest BCUT2D eigenvalue weighted by Gasteiger charge is -2.30. The summed E-state index contributed by atoms with van der Waals surface area (Å²) in [7, 11) is 0. The van der Waals surface area contributed by atoms with Crippen LogP contribution >= 0.6 is 15.3 Å². The maximum absolute atomic E-state index is 6.49. The van der Waals surface area contributed by atoms with Gasteiger partial charge < -0.3 is 13.9 Å². The Kier molecular flexibility index (Phi) is 8.25. The van der Waals surface area contributed by atoms with Gasteiger partial charge in [-0.05, 0) is 35.2 Å². The Morgan fingerprint density at radius 1 is 0.926 bits per heavy atom. The maximum atomic E-state index is 6.49. The molecule has 2 unspecified atom stereocenters. The van der Waals surface area contributed by atoms with E-state index in [-0.39, 0.29) is 11.7 Å². The second-order valence-electron chi connectivity index (χ2n) is 7.54. The molecular formula is C22H31BrO3Si. The Hall–Kier alpha value is -0.983. The summed E-state index contributed by atoms with van der Waals surface area (Å²) in [4.78, 5) is 0. The minimum atomic E-state index is -2.57. The van der Waals surface area contributed by atoms with Crippen LogP contribution in [-0.2, 0) is 19.3 Å². The van der Waals surface area contributed by atoms with E-state index in [0.29, 0.717) is 19.8 Å². The van der Waals surface area contributed by atoms with Crippen LogP contribution in [0.2, 0.25) is 0 Å². The Balaban J connectivity index is 2.26. The van der Waals surface area contributed by atoms with Crippen LogP contribution in [0, 0.1) is 0 Å². The van der Waals surface area contributed by atoms with Gasteiger partial charge in [0, 0.05) is 6.61 Å². The van der Waals surface area contributed by atoms with E-state index in [0.717, 1.165) is 5.19 Å². The molecule has 0 N–H and O–H groups in total. The van der Waals surface area contributed by atoms with Crippen molar-refractivity contribution in [2.75, 3.05) is 19.8 Å². The highest BCUT2D eigenvalue weighted by atomic mass is 79.9. The van der Waals surface area contributed by atoms with E-state index >= 15 is 0 Å². The molecule has 148 valence electrons. The van der Waals surface area contributed by atoms with Gasteiger partial charge in [0.25, 0.3) is 0 Å². The summed E-state index contributed by atoms with van der Waals surface area (Å²) < 4.78 is 17.7. The molecule has 0 bridgehead atoms. The molecule has 0 aromatic heterocycles. The largest absolute Gasteiger partial charge is 0.379 e. The third-order valence-corrected chi connectivity index (χ3v) is 10.5. The van der Waals surface area contributed by atoms with E-state index in [1.807, 2.05) is 32.0 Å². The quantitative estimate of drug-likeness (QED) is 0.246.